The Morgan fingerprint density at radius 3 is 1.00 bits per heavy atom. The predicted molar refractivity (Wildman–Crippen MR) is 29.8 cm³/mol. The van der Waals surface area contributed by atoms with E-state index in [0.717, 1.165) is 0 Å². The zero-order chi connectivity index (χ0) is 2.00. The Morgan fingerprint density at radius 2 is 1.00 bits per heavy atom. The third-order valence-corrected chi connectivity index (χ3v) is 0. The largest absolute Gasteiger partial charge is 2.00 e. The minimum Gasteiger partial charge on any atom is -0.307 e. The molecular formula is CH10B2ORu. The molecule has 0 saturated heterocycles. The molecule has 0 heterocycles. The zero-order valence-corrected chi connectivity index (χ0v) is 3.21. The maximum Gasteiger partial charge on any atom is 2.00 e. The fraction of sp³-hybridized carbons (Fsp3) is 0. The quantitative estimate of drug-likeness (QED) is 0.344. The Labute approximate surface area is 48.4 Å². The summed E-state index contributed by atoms with van der Waals surface area (Å²) in [5.41, 5.74) is 0. The first-order valence-electron chi connectivity index (χ1n) is 0.289. The van der Waals surface area contributed by atoms with E-state index < -0.39 is 0 Å². The Hall–Kier alpha value is 0.423. The topological polar surface area (TPSA) is 17.1 Å². The molecule has 0 unspecified atom stereocenters. The van der Waals surface area contributed by atoms with E-state index in [4.69, 9.17) is 4.79 Å². The van der Waals surface area contributed by atoms with Crippen LogP contribution < -0.4 is 0 Å². The van der Waals surface area contributed by atoms with Crippen molar-refractivity contribution in [3.8, 4) is 0 Å². The van der Waals surface area contributed by atoms with Crippen molar-refractivity contribution in [1.82, 2.24) is 0 Å². The average molecular weight is 161 g/mol. The van der Waals surface area contributed by atoms with Crippen molar-refractivity contribution >= 4 is 23.6 Å². The van der Waals surface area contributed by atoms with Gasteiger partial charge in [-0.15, -0.1) is 0 Å². The summed E-state index contributed by atoms with van der Waals surface area (Å²) in [7, 11) is 0. The zero-order valence-electron chi connectivity index (χ0n) is 1.47. The summed E-state index contributed by atoms with van der Waals surface area (Å²) >= 11 is 0. The molecule has 0 aliphatic carbocycles. The van der Waals surface area contributed by atoms with Crippen LogP contribution in [0.25, 0.3) is 0 Å². The van der Waals surface area contributed by atoms with Gasteiger partial charge >= 0.3 is 19.5 Å². The van der Waals surface area contributed by atoms with Gasteiger partial charge in [0.25, 0.3) is 0 Å². The van der Waals surface area contributed by atoms with E-state index in [1.165, 1.54) is 0 Å². The van der Waals surface area contributed by atoms with E-state index in [2.05, 4.69) is 0 Å². The van der Waals surface area contributed by atoms with Gasteiger partial charge in [-0.1, -0.05) is 16.8 Å². The van der Waals surface area contributed by atoms with Gasteiger partial charge in [-0.2, -0.15) is 0 Å². The molecule has 4 heteroatoms. The second-order valence-electron chi connectivity index (χ2n) is 0. The molecule has 0 fully saturated rings. The summed E-state index contributed by atoms with van der Waals surface area (Å²) in [6.07, 6.45) is 0. The molecule has 0 N–H and O–H groups in total. The van der Waals surface area contributed by atoms with E-state index in [-0.39, 0.29) is 36.3 Å². The standard InChI is InChI=1S/CH2O.2BH4.Ru/c1-2;;;/h1H2;2*1H4;/q;2*-1;+2. The Morgan fingerprint density at radius 1 is 1.00 bits per heavy atom. The van der Waals surface area contributed by atoms with E-state index >= 15 is 0 Å². The minimum atomic E-state index is 0. The second kappa shape index (κ2) is 289. The van der Waals surface area contributed by atoms with E-state index in [0.29, 0.717) is 0 Å². The first-order chi connectivity index (χ1) is 1.00. The fourth-order valence-corrected chi connectivity index (χ4v) is 0. The molecule has 0 spiro atoms. The molecule has 0 amide bonds. The molecule has 0 aromatic heterocycles. The summed E-state index contributed by atoms with van der Waals surface area (Å²) in [5, 5.41) is 0. The molecule has 1 nitrogen and oxygen atoms in total. The average Bonchev–Trinajstić information content (AvgIpc) is 1.00. The summed E-state index contributed by atoms with van der Waals surface area (Å²) in [6.45, 7) is 2.00. The van der Waals surface area contributed by atoms with Crippen LogP contribution in [0.15, 0.2) is 0 Å². The SMILES string of the molecule is C=O.[BH4-].[BH4-].[Ru+2]. The Kier molecular flexibility index (Phi) is 3030. The van der Waals surface area contributed by atoms with Crippen molar-refractivity contribution in [2.24, 2.45) is 0 Å². The Balaban J connectivity index is -0.00000000167. The van der Waals surface area contributed by atoms with Crippen LogP contribution in [0.3, 0.4) is 0 Å². The molecule has 0 aliphatic heterocycles. The van der Waals surface area contributed by atoms with Crippen LogP contribution in [-0.2, 0) is 24.3 Å². The number of hydrogen-bond donors (Lipinski definition) is 0. The van der Waals surface area contributed by atoms with Gasteiger partial charge in [0, 0.05) is 0 Å². The van der Waals surface area contributed by atoms with Gasteiger partial charge in [-0.3, -0.25) is 0 Å². The number of hydrogen-bond acceptors (Lipinski definition) is 1. The fourth-order valence-electron chi connectivity index (χ4n) is 0. The third-order valence-electron chi connectivity index (χ3n) is 0. The van der Waals surface area contributed by atoms with Crippen LogP contribution in [0, 0.1) is 0 Å². The molecule has 0 rings (SSSR count). The number of carbonyl (C=O) groups is 1. The molecule has 5 heavy (non-hydrogen) atoms. The smallest absolute Gasteiger partial charge is 0.307 e. The molecule has 0 aromatic carbocycles. The molecule has 0 aliphatic rings. The van der Waals surface area contributed by atoms with Gasteiger partial charge in [0.15, 0.2) is 0 Å². The van der Waals surface area contributed by atoms with Crippen LogP contribution >= 0.6 is 0 Å². The van der Waals surface area contributed by atoms with Crippen molar-refractivity contribution < 1.29 is 24.3 Å². The Bertz CT molecular complexity index is 9.61. The van der Waals surface area contributed by atoms with Crippen LogP contribution in [0.5, 0.6) is 0 Å². The summed E-state index contributed by atoms with van der Waals surface area (Å²) in [6, 6.07) is 0. The minimum absolute atomic E-state index is 0. The van der Waals surface area contributed by atoms with Gasteiger partial charge in [0.05, 0.1) is 0 Å². The van der Waals surface area contributed by atoms with Gasteiger partial charge in [-0.25, -0.2) is 0 Å². The first-order valence-corrected chi connectivity index (χ1v) is 0.289. The normalized spacial score (nSPS) is 0.800. The molecular weight excluding hydrogens is 151 g/mol. The van der Waals surface area contributed by atoms with Crippen LogP contribution in [0.2, 0.25) is 0 Å². The monoisotopic (exact) mass is 162 g/mol. The first kappa shape index (κ1) is 52.4. The number of carbonyl (C=O) groups excluding carboxylic acids is 1. The van der Waals surface area contributed by atoms with Crippen LogP contribution in [-0.4, -0.2) is 23.6 Å². The van der Waals surface area contributed by atoms with E-state index in [1.807, 2.05) is 6.79 Å². The van der Waals surface area contributed by atoms with E-state index in [9.17, 15) is 0 Å². The molecule has 0 aromatic rings. The van der Waals surface area contributed by atoms with Crippen molar-refractivity contribution in [3.63, 3.8) is 0 Å². The predicted octanol–water partition coefficient (Wildman–Crippen LogP) is -3.09. The van der Waals surface area contributed by atoms with Crippen molar-refractivity contribution in [2.45, 2.75) is 0 Å². The molecule has 0 atom stereocenters. The maximum absolute atomic E-state index is 8.00. The molecule has 0 radical (unpaired) electrons. The molecule has 34 valence electrons. The summed E-state index contributed by atoms with van der Waals surface area (Å²) in [4.78, 5) is 8.00. The molecule has 0 bridgehead atoms. The van der Waals surface area contributed by atoms with Crippen molar-refractivity contribution in [1.29, 1.82) is 0 Å². The van der Waals surface area contributed by atoms with Crippen LogP contribution in [0.1, 0.15) is 0 Å². The van der Waals surface area contributed by atoms with Gasteiger partial charge in [0.2, 0.25) is 0 Å². The van der Waals surface area contributed by atoms with Gasteiger partial charge in [-0.05, 0) is 0 Å². The number of rotatable bonds is 0. The van der Waals surface area contributed by atoms with Crippen LogP contribution in [0.4, 0.5) is 0 Å². The van der Waals surface area contributed by atoms with Gasteiger partial charge in [0.1, 0.15) is 6.79 Å². The summed E-state index contributed by atoms with van der Waals surface area (Å²) < 4.78 is 0. The van der Waals surface area contributed by atoms with Crippen molar-refractivity contribution in [3.05, 3.63) is 0 Å². The van der Waals surface area contributed by atoms with Gasteiger partial charge < -0.3 is 4.79 Å². The molecule has 0 saturated carbocycles. The van der Waals surface area contributed by atoms with E-state index in [1.54, 1.807) is 0 Å². The summed E-state index contributed by atoms with van der Waals surface area (Å²) in [5.74, 6) is 0. The third kappa shape index (κ3) is 145. The second-order valence-corrected chi connectivity index (χ2v) is 0. The maximum atomic E-state index is 8.00. The van der Waals surface area contributed by atoms with Crippen molar-refractivity contribution in [2.75, 3.05) is 0 Å².